The molecule has 0 atom stereocenters. The van der Waals surface area contributed by atoms with E-state index in [1.54, 1.807) is 11.1 Å². The van der Waals surface area contributed by atoms with Gasteiger partial charge in [0.15, 0.2) is 0 Å². The van der Waals surface area contributed by atoms with Gasteiger partial charge in [0.25, 0.3) is 0 Å². The van der Waals surface area contributed by atoms with Crippen LogP contribution in [0.25, 0.3) is 0 Å². The van der Waals surface area contributed by atoms with E-state index >= 15 is 0 Å². The number of nitrogens with two attached hydrogens (primary N) is 1. The van der Waals surface area contributed by atoms with Gasteiger partial charge in [0, 0.05) is 26.0 Å². The number of hydrogen-bond donors (Lipinski definition) is 1. The van der Waals surface area contributed by atoms with Crippen LogP contribution in [0.2, 0.25) is 0 Å². The first kappa shape index (κ1) is 11.3. The van der Waals surface area contributed by atoms with Crippen molar-refractivity contribution in [2.75, 3.05) is 24.7 Å². The minimum atomic E-state index is 0.231. The van der Waals surface area contributed by atoms with Gasteiger partial charge in [0.1, 0.15) is 5.82 Å². The molecule has 0 aliphatic rings. The number of hydrogen-bond acceptors (Lipinski definition) is 6. The predicted molar refractivity (Wildman–Crippen MR) is 65.6 cm³/mol. The highest BCUT2D eigenvalue weighted by Crippen LogP contribution is 2.08. The zero-order valence-corrected chi connectivity index (χ0v) is 9.83. The smallest absolute Gasteiger partial charge is 0.229 e. The fourth-order valence-corrected chi connectivity index (χ4v) is 1.37. The van der Waals surface area contributed by atoms with Gasteiger partial charge in [-0.05, 0) is 12.1 Å². The number of rotatable bonds is 3. The standard InChI is InChI=1S/C11H14N6/c1-17(2)11-15-9(14-10(12)16-11)7-8-5-3-4-6-13-8/h3-6H,7H2,1-2H3,(H2,12,14,15,16). The van der Waals surface area contributed by atoms with E-state index in [0.717, 1.165) is 5.69 Å². The molecule has 0 spiro atoms. The summed E-state index contributed by atoms with van der Waals surface area (Å²) in [4.78, 5) is 18.5. The molecule has 0 amide bonds. The lowest BCUT2D eigenvalue weighted by Gasteiger charge is -2.11. The summed E-state index contributed by atoms with van der Waals surface area (Å²) >= 11 is 0. The van der Waals surface area contributed by atoms with Crippen molar-refractivity contribution in [3.8, 4) is 0 Å². The Bertz CT molecular complexity index is 497. The van der Waals surface area contributed by atoms with Gasteiger partial charge >= 0.3 is 0 Å². The van der Waals surface area contributed by atoms with Crippen molar-refractivity contribution in [1.82, 2.24) is 19.9 Å². The Kier molecular flexibility index (Phi) is 3.13. The molecule has 6 nitrogen and oxygen atoms in total. The minimum absolute atomic E-state index is 0.231. The second kappa shape index (κ2) is 4.73. The van der Waals surface area contributed by atoms with Crippen molar-refractivity contribution >= 4 is 11.9 Å². The summed E-state index contributed by atoms with van der Waals surface area (Å²) in [6.07, 6.45) is 2.29. The van der Waals surface area contributed by atoms with Crippen LogP contribution >= 0.6 is 0 Å². The molecular weight excluding hydrogens is 216 g/mol. The van der Waals surface area contributed by atoms with Crippen molar-refractivity contribution in [3.63, 3.8) is 0 Å². The summed E-state index contributed by atoms with van der Waals surface area (Å²) in [5.74, 6) is 1.41. The first-order valence-corrected chi connectivity index (χ1v) is 5.23. The van der Waals surface area contributed by atoms with Crippen molar-refractivity contribution in [2.24, 2.45) is 0 Å². The SMILES string of the molecule is CN(C)c1nc(N)nc(Cc2ccccn2)n1. The Labute approximate surface area is 99.6 Å². The third kappa shape index (κ3) is 2.87. The third-order valence-electron chi connectivity index (χ3n) is 2.15. The van der Waals surface area contributed by atoms with Crippen molar-refractivity contribution < 1.29 is 0 Å². The van der Waals surface area contributed by atoms with Crippen LogP contribution in [0.15, 0.2) is 24.4 Å². The Hall–Kier alpha value is -2.24. The van der Waals surface area contributed by atoms with Crippen LogP contribution in [0.1, 0.15) is 11.5 Å². The zero-order valence-electron chi connectivity index (χ0n) is 9.83. The van der Waals surface area contributed by atoms with Crippen LogP contribution in [0.5, 0.6) is 0 Å². The molecule has 6 heteroatoms. The van der Waals surface area contributed by atoms with E-state index in [0.29, 0.717) is 18.2 Å². The molecular formula is C11H14N6. The van der Waals surface area contributed by atoms with E-state index in [9.17, 15) is 0 Å². The molecule has 0 fully saturated rings. The highest BCUT2D eigenvalue weighted by molar-refractivity contribution is 5.33. The third-order valence-corrected chi connectivity index (χ3v) is 2.15. The maximum Gasteiger partial charge on any atom is 0.229 e. The maximum absolute atomic E-state index is 5.64. The first-order chi connectivity index (χ1) is 8.15. The average Bonchev–Trinajstić information content (AvgIpc) is 2.29. The van der Waals surface area contributed by atoms with Crippen LogP contribution < -0.4 is 10.6 Å². The highest BCUT2D eigenvalue weighted by Gasteiger charge is 2.07. The molecule has 0 unspecified atom stereocenters. The van der Waals surface area contributed by atoms with Crippen LogP contribution in [0, 0.1) is 0 Å². The second-order valence-electron chi connectivity index (χ2n) is 3.80. The minimum Gasteiger partial charge on any atom is -0.368 e. The lowest BCUT2D eigenvalue weighted by molar-refractivity contribution is 0.878. The molecule has 2 rings (SSSR count). The van der Waals surface area contributed by atoms with E-state index in [1.807, 2.05) is 32.3 Å². The average molecular weight is 230 g/mol. The molecule has 17 heavy (non-hydrogen) atoms. The number of anilines is 2. The normalized spacial score (nSPS) is 10.2. The summed E-state index contributed by atoms with van der Waals surface area (Å²) in [6, 6.07) is 5.73. The highest BCUT2D eigenvalue weighted by atomic mass is 15.3. The molecule has 0 aromatic carbocycles. The molecule has 2 heterocycles. The summed E-state index contributed by atoms with van der Waals surface area (Å²) < 4.78 is 0. The first-order valence-electron chi connectivity index (χ1n) is 5.23. The molecule has 0 aliphatic heterocycles. The molecule has 0 saturated heterocycles. The van der Waals surface area contributed by atoms with Gasteiger partial charge in [-0.1, -0.05) is 6.07 Å². The van der Waals surface area contributed by atoms with E-state index < -0.39 is 0 Å². The van der Waals surface area contributed by atoms with Crippen LogP contribution in [-0.2, 0) is 6.42 Å². The molecule has 0 radical (unpaired) electrons. The Morgan fingerprint density at radius 3 is 2.65 bits per heavy atom. The number of nitrogen functional groups attached to an aromatic ring is 1. The Morgan fingerprint density at radius 1 is 1.18 bits per heavy atom. The Morgan fingerprint density at radius 2 is 2.00 bits per heavy atom. The molecule has 2 N–H and O–H groups in total. The second-order valence-corrected chi connectivity index (χ2v) is 3.80. The number of aromatic nitrogens is 4. The fraction of sp³-hybridized carbons (Fsp3) is 0.273. The quantitative estimate of drug-likeness (QED) is 0.827. The van der Waals surface area contributed by atoms with Gasteiger partial charge in [0.05, 0.1) is 6.42 Å². The predicted octanol–water partition coefficient (Wildman–Crippen LogP) is 0.506. The number of pyridine rings is 1. The van der Waals surface area contributed by atoms with Crippen molar-refractivity contribution in [3.05, 3.63) is 35.9 Å². The zero-order chi connectivity index (χ0) is 12.3. The maximum atomic E-state index is 5.64. The van der Waals surface area contributed by atoms with Gasteiger partial charge in [-0.25, -0.2) is 0 Å². The molecule has 88 valence electrons. The molecule has 0 saturated carbocycles. The lowest BCUT2D eigenvalue weighted by atomic mass is 10.2. The fourth-order valence-electron chi connectivity index (χ4n) is 1.37. The van der Waals surface area contributed by atoms with Gasteiger partial charge in [0.2, 0.25) is 11.9 Å². The molecule has 0 bridgehead atoms. The van der Waals surface area contributed by atoms with E-state index in [2.05, 4.69) is 19.9 Å². The molecule has 2 aromatic heterocycles. The van der Waals surface area contributed by atoms with Crippen LogP contribution in [0.3, 0.4) is 0 Å². The van der Waals surface area contributed by atoms with Gasteiger partial charge < -0.3 is 10.6 Å². The summed E-state index contributed by atoms with van der Waals surface area (Å²) in [6.45, 7) is 0. The summed E-state index contributed by atoms with van der Waals surface area (Å²) in [5.41, 5.74) is 6.55. The van der Waals surface area contributed by atoms with Crippen LogP contribution in [-0.4, -0.2) is 34.0 Å². The number of nitrogens with zero attached hydrogens (tertiary/aromatic N) is 5. The summed E-state index contributed by atoms with van der Waals surface area (Å²) in [7, 11) is 3.72. The van der Waals surface area contributed by atoms with Gasteiger partial charge in [-0.15, -0.1) is 0 Å². The Balaban J connectivity index is 2.27. The van der Waals surface area contributed by atoms with E-state index in [4.69, 9.17) is 5.73 Å². The largest absolute Gasteiger partial charge is 0.368 e. The van der Waals surface area contributed by atoms with E-state index in [1.165, 1.54) is 0 Å². The molecule has 2 aromatic rings. The van der Waals surface area contributed by atoms with Crippen molar-refractivity contribution in [1.29, 1.82) is 0 Å². The van der Waals surface area contributed by atoms with Crippen LogP contribution in [0.4, 0.5) is 11.9 Å². The van der Waals surface area contributed by atoms with E-state index in [-0.39, 0.29) is 5.95 Å². The van der Waals surface area contributed by atoms with Crippen molar-refractivity contribution in [2.45, 2.75) is 6.42 Å². The van der Waals surface area contributed by atoms with Gasteiger partial charge in [-0.2, -0.15) is 15.0 Å². The summed E-state index contributed by atoms with van der Waals surface area (Å²) in [5, 5.41) is 0. The lowest BCUT2D eigenvalue weighted by Crippen LogP contribution is -2.16. The van der Waals surface area contributed by atoms with Gasteiger partial charge in [-0.3, -0.25) is 4.98 Å². The topological polar surface area (TPSA) is 80.8 Å². The monoisotopic (exact) mass is 230 g/mol. The molecule has 0 aliphatic carbocycles.